The van der Waals surface area contributed by atoms with Gasteiger partial charge in [-0.15, -0.1) is 16.4 Å². The smallest absolute Gasteiger partial charge is 0.248 e. The number of hydrogen-bond donors (Lipinski definition) is 1. The predicted molar refractivity (Wildman–Crippen MR) is 144 cm³/mol. The lowest BCUT2D eigenvalue weighted by Gasteiger charge is -2.34. The van der Waals surface area contributed by atoms with Crippen molar-refractivity contribution in [1.82, 2.24) is 25.5 Å². The van der Waals surface area contributed by atoms with E-state index in [0.717, 1.165) is 48.2 Å². The van der Waals surface area contributed by atoms with Crippen LogP contribution in [0.5, 0.6) is 0 Å². The molecule has 8 nitrogen and oxygen atoms in total. The van der Waals surface area contributed by atoms with Crippen LogP contribution in [0.2, 0.25) is 0 Å². The molecular formula is C28H29FN6O2S. The Morgan fingerprint density at radius 3 is 2.63 bits per heavy atom. The number of thiophene rings is 1. The van der Waals surface area contributed by atoms with Crippen molar-refractivity contribution < 1.29 is 14.0 Å². The van der Waals surface area contributed by atoms with Crippen molar-refractivity contribution in [2.45, 2.75) is 57.5 Å². The summed E-state index contributed by atoms with van der Waals surface area (Å²) in [7, 11) is 0. The van der Waals surface area contributed by atoms with E-state index in [2.05, 4.69) is 20.8 Å². The Bertz CT molecular complexity index is 1390. The van der Waals surface area contributed by atoms with Gasteiger partial charge in [-0.2, -0.15) is 0 Å². The number of benzene rings is 2. The van der Waals surface area contributed by atoms with Gasteiger partial charge in [0, 0.05) is 22.2 Å². The number of aromatic nitrogens is 4. The molecule has 1 atom stereocenters. The summed E-state index contributed by atoms with van der Waals surface area (Å²) in [6.45, 7) is 1.88. The number of nitrogens with zero attached hydrogens (tertiary/aromatic N) is 5. The molecule has 1 aliphatic rings. The van der Waals surface area contributed by atoms with Gasteiger partial charge >= 0.3 is 0 Å². The van der Waals surface area contributed by atoms with E-state index in [1.54, 1.807) is 30.3 Å². The second-order valence-electron chi connectivity index (χ2n) is 9.51. The van der Waals surface area contributed by atoms with Gasteiger partial charge < -0.3 is 5.32 Å². The molecular weight excluding hydrogens is 503 g/mol. The molecule has 1 unspecified atom stereocenters. The zero-order valence-electron chi connectivity index (χ0n) is 21.1. The SMILES string of the molecule is Cc1cc(N(C(=O)Cc2cccs2)C(C(=O)NC2CCCCC2)c2ccccc2F)ccc1-n1cnnn1. The maximum absolute atomic E-state index is 15.3. The lowest BCUT2D eigenvalue weighted by molar-refractivity contribution is -0.127. The van der Waals surface area contributed by atoms with Crippen molar-refractivity contribution in [1.29, 1.82) is 0 Å². The second kappa shape index (κ2) is 11.6. The second-order valence-corrected chi connectivity index (χ2v) is 10.5. The van der Waals surface area contributed by atoms with Gasteiger partial charge in [0.05, 0.1) is 12.1 Å². The van der Waals surface area contributed by atoms with E-state index < -0.39 is 11.9 Å². The Balaban J connectivity index is 1.59. The molecule has 2 amide bonds. The van der Waals surface area contributed by atoms with Crippen LogP contribution in [0, 0.1) is 12.7 Å². The highest BCUT2D eigenvalue weighted by Gasteiger charge is 2.36. The van der Waals surface area contributed by atoms with Crippen molar-refractivity contribution in [3.05, 3.63) is 88.1 Å². The molecule has 2 aromatic heterocycles. The largest absolute Gasteiger partial charge is 0.351 e. The highest BCUT2D eigenvalue weighted by molar-refractivity contribution is 7.10. The average Bonchev–Trinajstić information content (AvgIpc) is 3.63. The van der Waals surface area contributed by atoms with Gasteiger partial charge in [-0.3, -0.25) is 14.5 Å². The van der Waals surface area contributed by atoms with Crippen LogP contribution >= 0.6 is 11.3 Å². The molecule has 10 heteroatoms. The number of amides is 2. The van der Waals surface area contributed by atoms with Gasteiger partial charge in [-0.05, 0) is 71.5 Å². The molecule has 5 rings (SSSR count). The van der Waals surface area contributed by atoms with Crippen LogP contribution in [0.4, 0.5) is 10.1 Å². The van der Waals surface area contributed by atoms with Gasteiger partial charge in [-0.25, -0.2) is 9.07 Å². The third-order valence-electron chi connectivity index (χ3n) is 6.89. The molecule has 196 valence electrons. The Morgan fingerprint density at radius 1 is 1.13 bits per heavy atom. The van der Waals surface area contributed by atoms with Crippen molar-refractivity contribution in [3.63, 3.8) is 0 Å². The van der Waals surface area contributed by atoms with E-state index in [0.29, 0.717) is 5.69 Å². The predicted octanol–water partition coefficient (Wildman–Crippen LogP) is 4.94. The molecule has 1 fully saturated rings. The number of carbonyl (C=O) groups excluding carboxylic acids is 2. The number of halogens is 1. The van der Waals surface area contributed by atoms with Crippen LogP contribution in [0.15, 0.2) is 66.3 Å². The van der Waals surface area contributed by atoms with Gasteiger partial charge in [-0.1, -0.05) is 43.5 Å². The van der Waals surface area contributed by atoms with E-state index >= 15 is 4.39 Å². The van der Waals surface area contributed by atoms with Gasteiger partial charge in [0.1, 0.15) is 18.2 Å². The van der Waals surface area contributed by atoms with Gasteiger partial charge in [0.2, 0.25) is 11.8 Å². The molecule has 4 aromatic rings. The Hall–Kier alpha value is -3.92. The summed E-state index contributed by atoms with van der Waals surface area (Å²) in [6.07, 6.45) is 6.54. The Morgan fingerprint density at radius 2 is 1.95 bits per heavy atom. The molecule has 1 N–H and O–H groups in total. The fourth-order valence-corrected chi connectivity index (χ4v) is 5.72. The number of carbonyl (C=O) groups is 2. The third-order valence-corrected chi connectivity index (χ3v) is 7.76. The number of nitrogens with one attached hydrogen (secondary N) is 1. The summed E-state index contributed by atoms with van der Waals surface area (Å²) in [6, 6.07) is 14.1. The highest BCUT2D eigenvalue weighted by Crippen LogP contribution is 2.33. The maximum atomic E-state index is 15.3. The quantitative estimate of drug-likeness (QED) is 0.347. The minimum atomic E-state index is -1.18. The molecule has 0 radical (unpaired) electrons. The van der Waals surface area contributed by atoms with E-state index in [4.69, 9.17) is 0 Å². The Kier molecular flexibility index (Phi) is 7.88. The normalized spacial score (nSPS) is 14.7. The molecule has 0 bridgehead atoms. The molecule has 38 heavy (non-hydrogen) atoms. The molecule has 0 aliphatic heterocycles. The third kappa shape index (κ3) is 5.65. The minimum absolute atomic E-state index is 0.00342. The summed E-state index contributed by atoms with van der Waals surface area (Å²) in [5, 5.41) is 16.4. The van der Waals surface area contributed by atoms with Crippen LogP contribution < -0.4 is 10.2 Å². The van der Waals surface area contributed by atoms with E-state index in [1.165, 1.54) is 33.3 Å². The lowest BCUT2D eigenvalue weighted by Crippen LogP contribution is -2.48. The van der Waals surface area contributed by atoms with Crippen molar-refractivity contribution in [3.8, 4) is 5.69 Å². The summed E-state index contributed by atoms with van der Waals surface area (Å²) >= 11 is 1.47. The van der Waals surface area contributed by atoms with Gasteiger partial charge in [0.25, 0.3) is 0 Å². The van der Waals surface area contributed by atoms with Crippen LogP contribution in [0.1, 0.15) is 54.1 Å². The van der Waals surface area contributed by atoms with Crippen LogP contribution in [-0.2, 0) is 16.0 Å². The van der Waals surface area contributed by atoms with Crippen LogP contribution in [0.25, 0.3) is 5.69 Å². The number of aryl methyl sites for hydroxylation is 1. The average molecular weight is 533 g/mol. The van der Waals surface area contributed by atoms with Crippen LogP contribution in [-0.4, -0.2) is 38.1 Å². The van der Waals surface area contributed by atoms with Crippen LogP contribution in [0.3, 0.4) is 0 Å². The standard InChI is InChI=1S/C28H29FN6O2S/c1-19-16-21(13-14-25(19)34-18-30-32-33-34)35(26(36)17-22-10-7-15-38-22)27(23-11-5-6-12-24(23)29)28(37)31-20-8-3-2-4-9-20/h5-7,10-16,18,20,27H,2-4,8-9,17H2,1H3,(H,31,37). The first-order valence-electron chi connectivity index (χ1n) is 12.7. The number of anilines is 1. The summed E-state index contributed by atoms with van der Waals surface area (Å²) in [5.41, 5.74) is 2.18. The highest BCUT2D eigenvalue weighted by atomic mass is 32.1. The Labute approximate surface area is 224 Å². The monoisotopic (exact) mass is 532 g/mol. The zero-order chi connectivity index (χ0) is 26.5. The summed E-state index contributed by atoms with van der Waals surface area (Å²) in [5.74, 6) is -1.22. The van der Waals surface area contributed by atoms with E-state index in [9.17, 15) is 9.59 Å². The fourth-order valence-electron chi connectivity index (χ4n) is 5.02. The molecule has 1 saturated carbocycles. The molecule has 1 aliphatic carbocycles. The summed E-state index contributed by atoms with van der Waals surface area (Å²) < 4.78 is 16.8. The first kappa shape index (κ1) is 25.7. The number of rotatable bonds is 8. The first-order chi connectivity index (χ1) is 18.5. The molecule has 2 heterocycles. The molecule has 2 aromatic carbocycles. The lowest BCUT2D eigenvalue weighted by atomic mass is 9.94. The topological polar surface area (TPSA) is 93.0 Å². The zero-order valence-corrected chi connectivity index (χ0v) is 21.9. The number of tetrazole rings is 1. The molecule has 0 saturated heterocycles. The molecule has 0 spiro atoms. The fraction of sp³-hybridized carbons (Fsp3) is 0.321. The maximum Gasteiger partial charge on any atom is 0.248 e. The van der Waals surface area contributed by atoms with E-state index in [-0.39, 0.29) is 29.8 Å². The minimum Gasteiger partial charge on any atom is -0.351 e. The number of hydrogen-bond acceptors (Lipinski definition) is 6. The van der Waals surface area contributed by atoms with E-state index in [1.807, 2.05) is 30.5 Å². The van der Waals surface area contributed by atoms with Crippen molar-refractivity contribution >= 4 is 28.8 Å². The van der Waals surface area contributed by atoms with Crippen molar-refractivity contribution in [2.75, 3.05) is 4.90 Å². The van der Waals surface area contributed by atoms with Gasteiger partial charge in [0.15, 0.2) is 0 Å². The first-order valence-corrected chi connectivity index (χ1v) is 13.6. The summed E-state index contributed by atoms with van der Waals surface area (Å²) in [4.78, 5) is 30.2. The van der Waals surface area contributed by atoms with Crippen molar-refractivity contribution in [2.24, 2.45) is 0 Å².